The number of nitrogens with zero attached hydrogens (tertiary/aromatic N) is 1. The number of aromatic nitrogens is 1. The van der Waals surface area contributed by atoms with E-state index in [4.69, 9.17) is 0 Å². The van der Waals surface area contributed by atoms with Gasteiger partial charge in [0.15, 0.2) is 0 Å². The summed E-state index contributed by atoms with van der Waals surface area (Å²) in [5.74, 6) is 0.600. The molecule has 2 aromatic rings. The smallest absolute Gasteiger partial charge is 0.274 e. The fourth-order valence-electron chi connectivity index (χ4n) is 1.53. The topological polar surface area (TPSA) is 42.0 Å². The van der Waals surface area contributed by atoms with E-state index in [1.54, 1.807) is 36.2 Å². The first-order valence-corrected chi connectivity index (χ1v) is 6.85. The van der Waals surface area contributed by atoms with Crippen molar-refractivity contribution < 1.29 is 4.79 Å². The van der Waals surface area contributed by atoms with Gasteiger partial charge in [0.1, 0.15) is 5.69 Å². The number of pyridine rings is 1. The highest BCUT2D eigenvalue weighted by Gasteiger charge is 2.09. The summed E-state index contributed by atoms with van der Waals surface area (Å²) in [6, 6.07) is 13.0. The van der Waals surface area contributed by atoms with Gasteiger partial charge in [-0.15, -0.1) is 18.3 Å². The number of nitrogens with one attached hydrogen (secondary N) is 1. The molecule has 3 nitrogen and oxygen atoms in total. The van der Waals surface area contributed by atoms with Crippen molar-refractivity contribution in [3.63, 3.8) is 0 Å². The quantitative estimate of drug-likeness (QED) is 0.666. The summed E-state index contributed by atoms with van der Waals surface area (Å²) < 4.78 is 0. The highest BCUT2D eigenvalue weighted by Crippen LogP contribution is 2.27. The van der Waals surface area contributed by atoms with Gasteiger partial charge in [0.2, 0.25) is 0 Å². The van der Waals surface area contributed by atoms with Crippen molar-refractivity contribution in [3.8, 4) is 0 Å². The lowest BCUT2D eigenvalue weighted by Gasteiger charge is -2.09. The lowest BCUT2D eigenvalue weighted by Crippen LogP contribution is -2.13. The van der Waals surface area contributed by atoms with E-state index in [-0.39, 0.29) is 5.91 Å². The lowest BCUT2D eigenvalue weighted by atomic mass is 10.3. The number of hydrogen-bond donors (Lipinski definition) is 1. The van der Waals surface area contributed by atoms with Crippen molar-refractivity contribution >= 4 is 23.4 Å². The van der Waals surface area contributed by atoms with Gasteiger partial charge in [-0.1, -0.05) is 24.3 Å². The van der Waals surface area contributed by atoms with Gasteiger partial charge < -0.3 is 5.32 Å². The zero-order valence-electron chi connectivity index (χ0n) is 10.4. The van der Waals surface area contributed by atoms with Crippen molar-refractivity contribution in [1.29, 1.82) is 0 Å². The molecule has 19 heavy (non-hydrogen) atoms. The van der Waals surface area contributed by atoms with Crippen LogP contribution in [0.5, 0.6) is 0 Å². The van der Waals surface area contributed by atoms with E-state index in [0.29, 0.717) is 5.69 Å². The van der Waals surface area contributed by atoms with Gasteiger partial charge in [-0.3, -0.25) is 9.78 Å². The molecular formula is C15H14N2OS. The van der Waals surface area contributed by atoms with Crippen LogP contribution in [0.4, 0.5) is 5.69 Å². The Kier molecular flexibility index (Phi) is 4.75. The number of carbonyl (C=O) groups excluding carboxylic acids is 1. The van der Waals surface area contributed by atoms with E-state index < -0.39 is 0 Å². The summed E-state index contributed by atoms with van der Waals surface area (Å²) in [5, 5.41) is 2.88. The number of para-hydroxylation sites is 1. The van der Waals surface area contributed by atoms with E-state index >= 15 is 0 Å². The Hall–Kier alpha value is -2.07. The number of rotatable bonds is 5. The summed E-state index contributed by atoms with van der Waals surface area (Å²) in [6.07, 6.45) is 3.44. The standard InChI is InChI=1S/C15H14N2OS/c1-2-11-19-14-9-4-3-7-12(14)17-15(18)13-8-5-6-10-16-13/h2-10H,1,11H2,(H,17,18). The molecule has 0 aliphatic heterocycles. The van der Waals surface area contributed by atoms with Gasteiger partial charge in [-0.05, 0) is 24.3 Å². The van der Waals surface area contributed by atoms with Gasteiger partial charge in [0, 0.05) is 16.8 Å². The molecule has 0 bridgehead atoms. The fraction of sp³-hybridized carbons (Fsp3) is 0.0667. The Bertz CT molecular complexity index is 569. The summed E-state index contributed by atoms with van der Waals surface area (Å²) in [7, 11) is 0. The van der Waals surface area contributed by atoms with Gasteiger partial charge in [0.25, 0.3) is 5.91 Å². The fourth-order valence-corrected chi connectivity index (χ4v) is 2.27. The number of amides is 1. The molecule has 4 heteroatoms. The van der Waals surface area contributed by atoms with Gasteiger partial charge in [0.05, 0.1) is 5.69 Å². The second kappa shape index (κ2) is 6.75. The molecule has 1 aromatic carbocycles. The minimum absolute atomic E-state index is 0.202. The largest absolute Gasteiger partial charge is 0.320 e. The van der Waals surface area contributed by atoms with Gasteiger partial charge in [-0.2, -0.15) is 0 Å². The molecule has 1 aromatic heterocycles. The average Bonchev–Trinajstić information content (AvgIpc) is 2.47. The molecule has 2 rings (SSSR count). The second-order valence-electron chi connectivity index (χ2n) is 3.76. The van der Waals surface area contributed by atoms with E-state index in [9.17, 15) is 4.79 Å². The highest BCUT2D eigenvalue weighted by molar-refractivity contribution is 7.99. The minimum Gasteiger partial charge on any atom is -0.320 e. The summed E-state index contributed by atoms with van der Waals surface area (Å²) in [5.41, 5.74) is 1.20. The number of carbonyl (C=O) groups is 1. The van der Waals surface area contributed by atoms with Crippen molar-refractivity contribution in [2.45, 2.75) is 4.90 Å². The first-order valence-electron chi connectivity index (χ1n) is 5.86. The lowest BCUT2D eigenvalue weighted by molar-refractivity contribution is 0.102. The molecule has 0 aliphatic rings. The molecule has 0 unspecified atom stereocenters. The van der Waals surface area contributed by atoms with E-state index in [2.05, 4.69) is 16.9 Å². The van der Waals surface area contributed by atoms with Crippen LogP contribution in [-0.4, -0.2) is 16.6 Å². The molecule has 0 fully saturated rings. The van der Waals surface area contributed by atoms with Crippen LogP contribution in [0.3, 0.4) is 0 Å². The van der Waals surface area contributed by atoms with Crippen LogP contribution in [0, 0.1) is 0 Å². The molecule has 1 N–H and O–H groups in total. The monoisotopic (exact) mass is 270 g/mol. The second-order valence-corrected chi connectivity index (χ2v) is 4.83. The predicted molar refractivity (Wildman–Crippen MR) is 79.6 cm³/mol. The molecule has 96 valence electrons. The molecule has 0 atom stereocenters. The summed E-state index contributed by atoms with van der Waals surface area (Å²) in [4.78, 5) is 17.1. The summed E-state index contributed by atoms with van der Waals surface area (Å²) in [6.45, 7) is 3.70. The van der Waals surface area contributed by atoms with Crippen LogP contribution in [0.2, 0.25) is 0 Å². The third-order valence-electron chi connectivity index (χ3n) is 2.39. The van der Waals surface area contributed by atoms with Crippen LogP contribution in [0.15, 0.2) is 66.2 Å². The number of benzene rings is 1. The SMILES string of the molecule is C=CCSc1ccccc1NC(=O)c1ccccn1. The maximum absolute atomic E-state index is 12.0. The molecule has 0 saturated carbocycles. The molecule has 0 radical (unpaired) electrons. The first kappa shape index (κ1) is 13.4. The molecular weight excluding hydrogens is 256 g/mol. The zero-order chi connectivity index (χ0) is 13.5. The normalized spacial score (nSPS) is 9.89. The van der Waals surface area contributed by atoms with Crippen LogP contribution >= 0.6 is 11.8 Å². The number of hydrogen-bond acceptors (Lipinski definition) is 3. The zero-order valence-corrected chi connectivity index (χ0v) is 11.2. The van der Waals surface area contributed by atoms with Crippen LogP contribution in [-0.2, 0) is 0 Å². The first-order chi connectivity index (χ1) is 9.31. The summed E-state index contributed by atoms with van der Waals surface area (Å²) >= 11 is 1.63. The Labute approximate surface area is 116 Å². The highest BCUT2D eigenvalue weighted by atomic mass is 32.2. The van der Waals surface area contributed by atoms with E-state index in [0.717, 1.165) is 16.3 Å². The molecule has 1 heterocycles. The minimum atomic E-state index is -0.202. The average molecular weight is 270 g/mol. The van der Waals surface area contributed by atoms with Crippen molar-refractivity contribution in [2.75, 3.05) is 11.1 Å². The van der Waals surface area contributed by atoms with Crippen LogP contribution in [0.25, 0.3) is 0 Å². The Morgan fingerprint density at radius 2 is 2.05 bits per heavy atom. The molecule has 1 amide bonds. The van der Waals surface area contributed by atoms with Crippen LogP contribution in [0.1, 0.15) is 10.5 Å². The van der Waals surface area contributed by atoms with Crippen molar-refractivity contribution in [2.24, 2.45) is 0 Å². The number of thioether (sulfide) groups is 1. The predicted octanol–water partition coefficient (Wildman–Crippen LogP) is 3.61. The van der Waals surface area contributed by atoms with E-state index in [1.165, 1.54) is 0 Å². The maximum atomic E-state index is 12.0. The molecule has 0 aliphatic carbocycles. The van der Waals surface area contributed by atoms with E-state index in [1.807, 2.05) is 30.3 Å². The Balaban J connectivity index is 2.14. The van der Waals surface area contributed by atoms with Gasteiger partial charge >= 0.3 is 0 Å². The van der Waals surface area contributed by atoms with Crippen molar-refractivity contribution in [3.05, 3.63) is 67.0 Å². The molecule has 0 saturated heterocycles. The third kappa shape index (κ3) is 3.69. The van der Waals surface area contributed by atoms with Gasteiger partial charge in [-0.25, -0.2) is 0 Å². The van der Waals surface area contributed by atoms with Crippen molar-refractivity contribution in [1.82, 2.24) is 4.98 Å². The maximum Gasteiger partial charge on any atom is 0.274 e. The number of anilines is 1. The van der Waals surface area contributed by atoms with Crippen LogP contribution < -0.4 is 5.32 Å². The molecule has 0 spiro atoms. The Morgan fingerprint density at radius 3 is 2.79 bits per heavy atom. The third-order valence-corrected chi connectivity index (χ3v) is 3.46. The Morgan fingerprint density at radius 1 is 1.26 bits per heavy atom.